The Morgan fingerprint density at radius 1 is 1.32 bits per heavy atom. The van der Waals surface area contributed by atoms with E-state index in [0.717, 1.165) is 6.42 Å². The topological polar surface area (TPSA) is 96.5 Å². The fourth-order valence-corrected chi connectivity index (χ4v) is 4.04. The third-order valence-electron chi connectivity index (χ3n) is 5.45. The van der Waals surface area contributed by atoms with Crippen molar-refractivity contribution in [2.45, 2.75) is 25.8 Å². The van der Waals surface area contributed by atoms with Gasteiger partial charge in [-0.05, 0) is 37.1 Å². The molecule has 0 radical (unpaired) electrons. The Labute approximate surface area is 200 Å². The molecular weight excluding hydrogens is 461 g/mol. The van der Waals surface area contributed by atoms with Gasteiger partial charge in [0.1, 0.15) is 36.4 Å². The van der Waals surface area contributed by atoms with E-state index in [4.69, 9.17) is 22.8 Å². The van der Waals surface area contributed by atoms with Gasteiger partial charge >= 0.3 is 0 Å². The quantitative estimate of drug-likeness (QED) is 0.514. The summed E-state index contributed by atoms with van der Waals surface area (Å²) in [5, 5.41) is 6.50. The molecule has 2 N–H and O–H groups in total. The van der Waals surface area contributed by atoms with E-state index in [1.807, 2.05) is 0 Å². The van der Waals surface area contributed by atoms with Crippen molar-refractivity contribution in [2.24, 2.45) is 0 Å². The fourth-order valence-electron chi connectivity index (χ4n) is 3.86. The van der Waals surface area contributed by atoms with E-state index in [1.54, 1.807) is 17.0 Å². The van der Waals surface area contributed by atoms with Crippen LogP contribution in [0.5, 0.6) is 5.75 Å². The first-order valence-electron chi connectivity index (χ1n) is 10.5. The van der Waals surface area contributed by atoms with Crippen LogP contribution in [0.4, 0.5) is 21.6 Å². The van der Waals surface area contributed by atoms with Gasteiger partial charge in [-0.15, -0.1) is 6.42 Å². The van der Waals surface area contributed by atoms with Crippen LogP contribution in [0.15, 0.2) is 36.7 Å². The number of rotatable bonds is 6. The molecular formula is C24H21ClFN5O3. The average Bonchev–Trinajstić information content (AvgIpc) is 3.31. The maximum Gasteiger partial charge on any atom is 0.247 e. The Hall–Kier alpha value is -3.90. The Morgan fingerprint density at radius 2 is 2.15 bits per heavy atom. The maximum absolute atomic E-state index is 13.5. The van der Waals surface area contributed by atoms with Crippen LogP contribution in [-0.4, -0.2) is 45.9 Å². The summed E-state index contributed by atoms with van der Waals surface area (Å²) in [7, 11) is 0. The zero-order valence-corrected chi connectivity index (χ0v) is 19.0. The van der Waals surface area contributed by atoms with Crippen molar-refractivity contribution in [3.8, 4) is 18.1 Å². The van der Waals surface area contributed by atoms with Gasteiger partial charge in [-0.3, -0.25) is 9.59 Å². The van der Waals surface area contributed by atoms with Crippen molar-refractivity contribution in [3.05, 3.63) is 47.5 Å². The molecule has 0 saturated carbocycles. The number of carbonyl (C=O) groups is 2. The van der Waals surface area contributed by atoms with Crippen molar-refractivity contribution in [1.82, 2.24) is 14.9 Å². The Balaban J connectivity index is 1.71. The largest absolute Gasteiger partial charge is 0.479 e. The zero-order valence-electron chi connectivity index (χ0n) is 18.3. The minimum absolute atomic E-state index is 0.0123. The number of halogens is 2. The second-order valence-corrected chi connectivity index (χ2v) is 8.10. The summed E-state index contributed by atoms with van der Waals surface area (Å²) in [5.41, 5.74) is 1.41. The number of carbonyl (C=O) groups excluding carboxylic acids is 2. The first-order valence-corrected chi connectivity index (χ1v) is 10.9. The highest BCUT2D eigenvalue weighted by Gasteiger charge is 2.32. The lowest BCUT2D eigenvalue weighted by atomic mass is 10.1. The number of likely N-dealkylation sites (tertiary alicyclic amines) is 1. The molecule has 0 unspecified atom stereocenters. The molecule has 8 nitrogen and oxygen atoms in total. The van der Waals surface area contributed by atoms with Gasteiger partial charge in [0.2, 0.25) is 11.8 Å². The summed E-state index contributed by atoms with van der Waals surface area (Å²) in [5.74, 6) is 2.13. The molecule has 34 heavy (non-hydrogen) atoms. The summed E-state index contributed by atoms with van der Waals surface area (Å²) < 4.78 is 19.2. The van der Waals surface area contributed by atoms with E-state index in [-0.39, 0.29) is 23.4 Å². The molecule has 2 amide bonds. The second-order valence-electron chi connectivity index (χ2n) is 7.69. The highest BCUT2D eigenvalue weighted by atomic mass is 35.5. The molecule has 4 rings (SSSR count). The normalized spacial score (nSPS) is 15.1. The Morgan fingerprint density at radius 3 is 2.88 bits per heavy atom. The molecule has 1 fully saturated rings. The first kappa shape index (κ1) is 23.3. The minimum atomic E-state index is -0.570. The third-order valence-corrected chi connectivity index (χ3v) is 5.74. The van der Waals surface area contributed by atoms with Crippen LogP contribution < -0.4 is 15.4 Å². The number of aromatic nitrogens is 2. The number of amides is 2. The molecule has 3 aromatic rings. The van der Waals surface area contributed by atoms with Gasteiger partial charge in [0, 0.05) is 30.6 Å². The SMILES string of the molecule is C#CCOc1cc2ncnc(Nc3ccc(F)c(Cl)c3)c2cc1NC(=O)[C@H]1CCCN1C(C)=O. The van der Waals surface area contributed by atoms with E-state index < -0.39 is 11.9 Å². The van der Waals surface area contributed by atoms with Crippen molar-refractivity contribution < 1.29 is 18.7 Å². The standard InChI is InChI=1S/C24H21ClFN5O3/c1-3-9-34-22-12-19-16(11-20(22)30-24(33)21-5-4-8-31(21)14(2)32)23(28-13-27-19)29-15-6-7-18(26)17(25)10-15/h1,6-7,10-13,21H,4-5,8-9H2,2H3,(H,30,33)(H,27,28,29)/t21-/m1/s1. The molecule has 1 aliphatic rings. The van der Waals surface area contributed by atoms with E-state index in [1.165, 1.54) is 31.5 Å². The molecule has 0 bridgehead atoms. The molecule has 1 atom stereocenters. The van der Waals surface area contributed by atoms with Gasteiger partial charge in [-0.2, -0.15) is 0 Å². The van der Waals surface area contributed by atoms with Gasteiger partial charge in [0.05, 0.1) is 16.2 Å². The summed E-state index contributed by atoms with van der Waals surface area (Å²) in [4.78, 5) is 35.1. The van der Waals surface area contributed by atoms with Crippen LogP contribution in [0, 0.1) is 18.2 Å². The van der Waals surface area contributed by atoms with Gasteiger partial charge in [0.25, 0.3) is 0 Å². The van der Waals surface area contributed by atoms with E-state index >= 15 is 0 Å². The number of fused-ring (bicyclic) bond motifs is 1. The molecule has 2 heterocycles. The van der Waals surface area contributed by atoms with Gasteiger partial charge < -0.3 is 20.3 Å². The van der Waals surface area contributed by atoms with Crippen LogP contribution in [0.2, 0.25) is 5.02 Å². The average molecular weight is 482 g/mol. The molecule has 2 aromatic carbocycles. The summed E-state index contributed by atoms with van der Waals surface area (Å²) in [6, 6.07) is 6.95. The predicted octanol–water partition coefficient (Wildman–Crippen LogP) is 4.13. The molecule has 174 valence electrons. The van der Waals surface area contributed by atoms with E-state index in [9.17, 15) is 14.0 Å². The van der Waals surface area contributed by atoms with Crippen molar-refractivity contribution in [1.29, 1.82) is 0 Å². The summed E-state index contributed by atoms with van der Waals surface area (Å²) in [6.45, 7) is 1.97. The van der Waals surface area contributed by atoms with Gasteiger partial charge in [-0.25, -0.2) is 14.4 Å². The first-order chi connectivity index (χ1) is 16.4. The number of anilines is 3. The predicted molar refractivity (Wildman–Crippen MR) is 128 cm³/mol. The summed E-state index contributed by atoms with van der Waals surface area (Å²) >= 11 is 5.89. The molecule has 1 aromatic heterocycles. The van der Waals surface area contributed by atoms with Crippen LogP contribution in [0.25, 0.3) is 10.9 Å². The van der Waals surface area contributed by atoms with E-state index in [2.05, 4.69) is 26.5 Å². The van der Waals surface area contributed by atoms with E-state index in [0.29, 0.717) is 46.8 Å². The number of nitrogens with zero attached hydrogens (tertiary/aromatic N) is 3. The van der Waals surface area contributed by atoms with Gasteiger partial charge in [-0.1, -0.05) is 17.5 Å². The Kier molecular flexibility index (Phi) is 6.80. The fraction of sp³-hybridized carbons (Fsp3) is 0.250. The molecule has 0 aliphatic carbocycles. The zero-order chi connectivity index (χ0) is 24.2. The van der Waals surface area contributed by atoms with Crippen LogP contribution in [0.3, 0.4) is 0 Å². The van der Waals surface area contributed by atoms with Crippen molar-refractivity contribution in [3.63, 3.8) is 0 Å². The molecule has 10 heteroatoms. The van der Waals surface area contributed by atoms with Crippen LogP contribution in [0.1, 0.15) is 19.8 Å². The number of ether oxygens (including phenoxy) is 1. The summed E-state index contributed by atoms with van der Waals surface area (Å²) in [6.07, 6.45) is 8.03. The number of hydrogen-bond donors (Lipinski definition) is 2. The number of hydrogen-bond acceptors (Lipinski definition) is 6. The second kappa shape index (κ2) is 9.93. The lowest BCUT2D eigenvalue weighted by Gasteiger charge is -2.23. The number of benzene rings is 2. The van der Waals surface area contributed by atoms with Crippen LogP contribution in [-0.2, 0) is 9.59 Å². The lowest BCUT2D eigenvalue weighted by molar-refractivity contribution is -0.134. The van der Waals surface area contributed by atoms with Gasteiger partial charge in [0.15, 0.2) is 0 Å². The van der Waals surface area contributed by atoms with Crippen molar-refractivity contribution in [2.75, 3.05) is 23.8 Å². The molecule has 1 saturated heterocycles. The highest BCUT2D eigenvalue weighted by molar-refractivity contribution is 6.31. The Bertz CT molecular complexity index is 1310. The number of terminal acetylenes is 1. The van der Waals surface area contributed by atoms with Crippen LogP contribution >= 0.6 is 11.6 Å². The molecule has 1 aliphatic heterocycles. The molecule has 0 spiro atoms. The third kappa shape index (κ3) is 4.87. The van der Waals surface area contributed by atoms with Crippen molar-refractivity contribution >= 4 is 51.5 Å². The lowest BCUT2D eigenvalue weighted by Crippen LogP contribution is -2.42. The maximum atomic E-state index is 13.5. The minimum Gasteiger partial charge on any atom is -0.479 e. The smallest absolute Gasteiger partial charge is 0.247 e. The highest BCUT2D eigenvalue weighted by Crippen LogP contribution is 2.34. The number of nitrogens with one attached hydrogen (secondary N) is 2. The monoisotopic (exact) mass is 481 g/mol.